The number of amides is 2. The summed E-state index contributed by atoms with van der Waals surface area (Å²) in [6, 6.07) is 9.14. The predicted octanol–water partition coefficient (Wildman–Crippen LogP) is 0.892. The second-order valence-electron chi connectivity index (χ2n) is 4.71. The number of nitrogens with zero attached hydrogens (tertiary/aromatic N) is 2. The Morgan fingerprint density at radius 1 is 1.13 bits per heavy atom. The molecule has 0 bridgehead atoms. The number of hydrogen-bond acceptors (Lipinski definition) is 6. The van der Waals surface area contributed by atoms with E-state index in [-0.39, 0.29) is 5.16 Å². The fourth-order valence-corrected chi connectivity index (χ4v) is 2.66. The minimum absolute atomic E-state index is 0.262. The maximum absolute atomic E-state index is 11.3. The maximum atomic E-state index is 11.3. The van der Waals surface area contributed by atoms with Crippen LogP contribution in [0.3, 0.4) is 0 Å². The van der Waals surface area contributed by atoms with Crippen LogP contribution in [0.25, 0.3) is 11.3 Å². The SMILES string of the molecule is COc1ccc(-c2cc(C)nc(SC(C(N)=O)C(N)=O)n2)cc1. The summed E-state index contributed by atoms with van der Waals surface area (Å²) in [6.07, 6.45) is 0. The van der Waals surface area contributed by atoms with E-state index in [0.717, 1.165) is 23.1 Å². The van der Waals surface area contributed by atoms with Gasteiger partial charge in [0, 0.05) is 11.3 Å². The third kappa shape index (κ3) is 4.19. The van der Waals surface area contributed by atoms with Crippen molar-refractivity contribution in [2.75, 3.05) is 7.11 Å². The van der Waals surface area contributed by atoms with Crippen molar-refractivity contribution in [3.63, 3.8) is 0 Å². The van der Waals surface area contributed by atoms with Crippen molar-refractivity contribution in [2.24, 2.45) is 11.5 Å². The van der Waals surface area contributed by atoms with Crippen LogP contribution in [-0.4, -0.2) is 34.1 Å². The van der Waals surface area contributed by atoms with Crippen LogP contribution in [0.1, 0.15) is 5.69 Å². The molecule has 23 heavy (non-hydrogen) atoms. The standard InChI is InChI=1S/C15H16N4O3S/c1-8-7-11(9-3-5-10(22-2)6-4-9)19-15(18-8)23-12(13(16)20)14(17)21/h3-7,12H,1-2H3,(H2,16,20)(H2,17,21). The van der Waals surface area contributed by atoms with Gasteiger partial charge >= 0.3 is 0 Å². The van der Waals surface area contributed by atoms with Crippen molar-refractivity contribution >= 4 is 23.6 Å². The predicted molar refractivity (Wildman–Crippen MR) is 86.8 cm³/mol. The first-order chi connectivity index (χ1) is 10.9. The molecule has 120 valence electrons. The van der Waals surface area contributed by atoms with Crippen LogP contribution in [0, 0.1) is 6.92 Å². The fourth-order valence-electron chi connectivity index (χ4n) is 1.87. The normalized spacial score (nSPS) is 10.6. The average Bonchev–Trinajstić information content (AvgIpc) is 2.51. The number of rotatable bonds is 6. The molecule has 2 aromatic rings. The number of carbonyl (C=O) groups is 2. The molecule has 2 amide bonds. The van der Waals surface area contributed by atoms with Crippen molar-refractivity contribution in [1.82, 2.24) is 9.97 Å². The van der Waals surface area contributed by atoms with Crippen LogP contribution in [0.2, 0.25) is 0 Å². The second-order valence-corrected chi connectivity index (χ2v) is 5.78. The van der Waals surface area contributed by atoms with Crippen molar-refractivity contribution in [1.29, 1.82) is 0 Å². The number of nitrogens with two attached hydrogens (primary N) is 2. The molecule has 0 aliphatic heterocycles. The number of primary amides is 2. The van der Waals surface area contributed by atoms with Gasteiger partial charge in [0.2, 0.25) is 11.8 Å². The lowest BCUT2D eigenvalue weighted by Crippen LogP contribution is -2.37. The van der Waals surface area contributed by atoms with Gasteiger partial charge in [-0.2, -0.15) is 0 Å². The number of methoxy groups -OCH3 is 1. The summed E-state index contributed by atoms with van der Waals surface area (Å²) in [5.74, 6) is -0.908. The molecule has 4 N–H and O–H groups in total. The molecular weight excluding hydrogens is 316 g/mol. The molecule has 1 heterocycles. The van der Waals surface area contributed by atoms with Crippen molar-refractivity contribution in [3.05, 3.63) is 36.0 Å². The fraction of sp³-hybridized carbons (Fsp3) is 0.200. The Kier molecular flexibility index (Phi) is 5.17. The highest BCUT2D eigenvalue weighted by Gasteiger charge is 2.24. The van der Waals surface area contributed by atoms with E-state index in [0.29, 0.717) is 11.4 Å². The summed E-state index contributed by atoms with van der Waals surface area (Å²) in [7, 11) is 1.59. The Balaban J connectivity index is 2.34. The summed E-state index contributed by atoms with van der Waals surface area (Å²) in [4.78, 5) is 31.1. The van der Waals surface area contributed by atoms with Crippen LogP contribution in [0.15, 0.2) is 35.5 Å². The van der Waals surface area contributed by atoms with Gasteiger partial charge in [-0.3, -0.25) is 9.59 Å². The Labute approximate surface area is 137 Å². The van der Waals surface area contributed by atoms with Crippen molar-refractivity contribution < 1.29 is 14.3 Å². The molecule has 7 nitrogen and oxygen atoms in total. The minimum Gasteiger partial charge on any atom is -0.497 e. The zero-order valence-electron chi connectivity index (χ0n) is 12.6. The molecule has 0 aliphatic rings. The molecule has 0 radical (unpaired) electrons. The lowest BCUT2D eigenvalue weighted by Gasteiger charge is -2.10. The first-order valence-electron chi connectivity index (χ1n) is 6.66. The van der Waals surface area contributed by atoms with E-state index < -0.39 is 17.1 Å². The van der Waals surface area contributed by atoms with Crippen molar-refractivity contribution in [3.8, 4) is 17.0 Å². The maximum Gasteiger partial charge on any atom is 0.240 e. The number of aromatic nitrogens is 2. The van der Waals surface area contributed by atoms with Gasteiger partial charge in [-0.05, 0) is 37.3 Å². The number of ether oxygens (including phenoxy) is 1. The molecule has 0 atom stereocenters. The van der Waals surface area contributed by atoms with Gasteiger partial charge < -0.3 is 16.2 Å². The highest BCUT2D eigenvalue weighted by Crippen LogP contribution is 2.25. The molecule has 0 unspecified atom stereocenters. The van der Waals surface area contributed by atoms with E-state index in [9.17, 15) is 9.59 Å². The van der Waals surface area contributed by atoms with Gasteiger partial charge in [0.15, 0.2) is 10.4 Å². The van der Waals surface area contributed by atoms with Crippen LogP contribution >= 0.6 is 11.8 Å². The molecule has 1 aromatic heterocycles. The van der Waals surface area contributed by atoms with E-state index in [1.54, 1.807) is 20.1 Å². The van der Waals surface area contributed by atoms with E-state index in [1.165, 1.54) is 0 Å². The van der Waals surface area contributed by atoms with Gasteiger partial charge in [0.25, 0.3) is 0 Å². The lowest BCUT2D eigenvalue weighted by atomic mass is 10.1. The average molecular weight is 332 g/mol. The van der Waals surface area contributed by atoms with Gasteiger partial charge in [-0.15, -0.1) is 0 Å². The molecule has 8 heteroatoms. The van der Waals surface area contributed by atoms with E-state index in [1.807, 2.05) is 24.3 Å². The zero-order chi connectivity index (χ0) is 17.0. The Morgan fingerprint density at radius 3 is 2.26 bits per heavy atom. The van der Waals surface area contributed by atoms with Crippen LogP contribution in [0.5, 0.6) is 5.75 Å². The highest BCUT2D eigenvalue weighted by molar-refractivity contribution is 8.01. The van der Waals surface area contributed by atoms with E-state index in [2.05, 4.69) is 9.97 Å². The summed E-state index contributed by atoms with van der Waals surface area (Å²) < 4.78 is 5.12. The summed E-state index contributed by atoms with van der Waals surface area (Å²) in [5, 5.41) is -0.945. The molecule has 0 saturated carbocycles. The smallest absolute Gasteiger partial charge is 0.240 e. The summed E-state index contributed by atoms with van der Waals surface area (Å²) in [6.45, 7) is 1.79. The Bertz CT molecular complexity index is 720. The van der Waals surface area contributed by atoms with Crippen LogP contribution in [0.4, 0.5) is 0 Å². The largest absolute Gasteiger partial charge is 0.497 e. The molecule has 0 aliphatic carbocycles. The quantitative estimate of drug-likeness (QED) is 0.460. The second kappa shape index (κ2) is 7.10. The van der Waals surface area contributed by atoms with Gasteiger partial charge in [-0.1, -0.05) is 11.8 Å². The monoisotopic (exact) mass is 332 g/mol. The van der Waals surface area contributed by atoms with Crippen molar-refractivity contribution in [2.45, 2.75) is 17.3 Å². The summed E-state index contributed by atoms with van der Waals surface area (Å²) >= 11 is 0.840. The van der Waals surface area contributed by atoms with E-state index in [4.69, 9.17) is 16.2 Å². The number of carbonyl (C=O) groups excluding carboxylic acids is 2. The molecule has 0 spiro atoms. The van der Waals surface area contributed by atoms with Gasteiger partial charge in [0.1, 0.15) is 5.75 Å². The number of thioether (sulfide) groups is 1. The Morgan fingerprint density at radius 2 is 1.74 bits per heavy atom. The first-order valence-corrected chi connectivity index (χ1v) is 7.54. The van der Waals surface area contributed by atoms with Crippen LogP contribution in [-0.2, 0) is 9.59 Å². The topological polar surface area (TPSA) is 121 Å². The summed E-state index contributed by atoms with van der Waals surface area (Å²) in [5.41, 5.74) is 12.6. The molecule has 0 fully saturated rings. The van der Waals surface area contributed by atoms with Gasteiger partial charge in [-0.25, -0.2) is 9.97 Å². The van der Waals surface area contributed by atoms with Gasteiger partial charge in [0.05, 0.1) is 12.8 Å². The third-order valence-electron chi connectivity index (χ3n) is 2.96. The number of aryl methyl sites for hydroxylation is 1. The zero-order valence-corrected chi connectivity index (χ0v) is 13.5. The lowest BCUT2D eigenvalue weighted by molar-refractivity contribution is -0.125. The minimum atomic E-state index is -1.21. The Hall–Kier alpha value is -2.61. The molecule has 1 aromatic carbocycles. The van der Waals surface area contributed by atoms with Crippen LogP contribution < -0.4 is 16.2 Å². The first kappa shape index (κ1) is 16.8. The number of hydrogen-bond donors (Lipinski definition) is 2. The number of benzene rings is 1. The third-order valence-corrected chi connectivity index (χ3v) is 4.05. The molecule has 0 saturated heterocycles. The molecule has 2 rings (SSSR count). The van der Waals surface area contributed by atoms with E-state index >= 15 is 0 Å². The highest BCUT2D eigenvalue weighted by atomic mass is 32.2. The molecular formula is C15H16N4O3S.